The van der Waals surface area contributed by atoms with Crippen LogP contribution in [0.2, 0.25) is 0 Å². The third kappa shape index (κ3) is 1.99. The van der Waals surface area contributed by atoms with Crippen LogP contribution < -0.4 is 4.90 Å². The molecular weight excluding hydrogens is 194 g/mol. The van der Waals surface area contributed by atoms with E-state index in [1.165, 1.54) is 16.0 Å². The lowest BCUT2D eigenvalue weighted by molar-refractivity contribution is -0.873. The summed E-state index contributed by atoms with van der Waals surface area (Å²) < 4.78 is 0. The van der Waals surface area contributed by atoms with E-state index in [1.807, 2.05) is 6.07 Å². The normalized spacial score (nSPS) is 27.1. The Hall–Kier alpha value is -0.790. The Balaban J connectivity index is 2.27. The predicted octanol–water partition coefficient (Wildman–Crippen LogP) is 1.21. The molecule has 1 aromatic rings. The molecule has 0 bridgehead atoms. The molecule has 0 radical (unpaired) electrons. The van der Waals surface area contributed by atoms with Crippen molar-refractivity contribution < 1.29 is 4.90 Å². The molecule has 1 aliphatic heterocycles. The summed E-state index contributed by atoms with van der Waals surface area (Å²) in [6.07, 6.45) is 2.26. The maximum absolute atomic E-state index is 6.32. The van der Waals surface area contributed by atoms with Crippen molar-refractivity contribution in [1.82, 2.24) is 0 Å². The molecule has 0 amide bonds. The van der Waals surface area contributed by atoms with Gasteiger partial charge in [0.15, 0.2) is 0 Å². The van der Waals surface area contributed by atoms with Crippen molar-refractivity contribution in [3.8, 4) is 0 Å². The molecule has 0 aromatic heterocycles. The molecule has 0 spiro atoms. The Kier molecular flexibility index (Phi) is 2.90. The summed E-state index contributed by atoms with van der Waals surface area (Å²) in [5.74, 6) is 0. The summed E-state index contributed by atoms with van der Waals surface area (Å²) in [4.78, 5) is 1.48. The highest BCUT2D eigenvalue weighted by molar-refractivity contribution is 6.26. The number of halogens is 1. The number of hydrogen-bond donors (Lipinski definition) is 1. The summed E-state index contributed by atoms with van der Waals surface area (Å²) in [6, 6.07) is 10.4. The van der Waals surface area contributed by atoms with Crippen LogP contribution in [-0.4, -0.2) is 25.5 Å². The quantitative estimate of drug-likeness (QED) is 0.662. The average Bonchev–Trinajstić information content (AvgIpc) is 2.19. The molecular formula is C12H15ClN+. The lowest BCUT2D eigenvalue weighted by Crippen LogP contribution is -3.10. The van der Waals surface area contributed by atoms with Crippen molar-refractivity contribution in [2.75, 3.05) is 20.1 Å². The summed E-state index contributed by atoms with van der Waals surface area (Å²) >= 11 is 6.32. The average molecular weight is 209 g/mol. The molecule has 1 aromatic carbocycles. The Morgan fingerprint density at radius 3 is 2.64 bits per heavy atom. The molecule has 2 rings (SSSR count). The number of rotatable bonds is 1. The van der Waals surface area contributed by atoms with Gasteiger partial charge < -0.3 is 4.90 Å². The number of quaternary nitrogens is 1. The maximum Gasteiger partial charge on any atom is 0.108 e. The van der Waals surface area contributed by atoms with Crippen LogP contribution in [0.1, 0.15) is 5.56 Å². The molecule has 0 aliphatic carbocycles. The molecule has 0 saturated heterocycles. The standard InChI is InChI=1S/C12H14ClN/c1-14-8-7-11(12(13)9-14)10-5-3-2-4-6-10/h2-7,12H,8-9H2,1H3/p+1. The topological polar surface area (TPSA) is 4.44 Å². The van der Waals surface area contributed by atoms with Crippen molar-refractivity contribution in [2.24, 2.45) is 0 Å². The van der Waals surface area contributed by atoms with E-state index in [9.17, 15) is 0 Å². The second-order valence-electron chi connectivity index (χ2n) is 3.86. The van der Waals surface area contributed by atoms with Crippen LogP contribution in [-0.2, 0) is 0 Å². The molecule has 1 N–H and O–H groups in total. The van der Waals surface area contributed by atoms with Gasteiger partial charge in [-0.15, -0.1) is 11.6 Å². The first kappa shape index (κ1) is 9.75. The van der Waals surface area contributed by atoms with Crippen molar-refractivity contribution in [3.05, 3.63) is 42.0 Å². The summed E-state index contributed by atoms with van der Waals surface area (Å²) in [6.45, 7) is 2.09. The predicted molar refractivity (Wildman–Crippen MR) is 60.7 cm³/mol. The Morgan fingerprint density at radius 2 is 2.00 bits per heavy atom. The lowest BCUT2D eigenvalue weighted by atomic mass is 9.99. The van der Waals surface area contributed by atoms with Gasteiger partial charge in [0.2, 0.25) is 0 Å². The SMILES string of the molecule is C[NH+]1CC=C(c2ccccc2)C(Cl)C1. The summed E-state index contributed by atoms with van der Waals surface area (Å²) in [5, 5.41) is 0.158. The largest absolute Gasteiger partial charge is 0.333 e. The highest BCUT2D eigenvalue weighted by atomic mass is 35.5. The van der Waals surface area contributed by atoms with E-state index in [0.29, 0.717) is 0 Å². The molecule has 2 atom stereocenters. The molecule has 0 fully saturated rings. The number of hydrogen-bond acceptors (Lipinski definition) is 0. The lowest BCUT2D eigenvalue weighted by Gasteiger charge is -2.24. The minimum absolute atomic E-state index is 0.158. The fourth-order valence-electron chi connectivity index (χ4n) is 1.84. The van der Waals surface area contributed by atoms with Crippen LogP contribution in [0.3, 0.4) is 0 Å². The maximum atomic E-state index is 6.32. The molecule has 2 unspecified atom stereocenters. The monoisotopic (exact) mass is 208 g/mol. The van der Waals surface area contributed by atoms with Crippen molar-refractivity contribution in [2.45, 2.75) is 5.38 Å². The van der Waals surface area contributed by atoms with E-state index in [4.69, 9.17) is 11.6 Å². The Labute approximate surface area is 90.0 Å². The zero-order valence-electron chi connectivity index (χ0n) is 8.33. The number of likely N-dealkylation sites (N-methyl/N-ethyl adjacent to an activating group) is 1. The first-order chi connectivity index (χ1) is 6.77. The van der Waals surface area contributed by atoms with E-state index < -0.39 is 0 Å². The van der Waals surface area contributed by atoms with Gasteiger partial charge in [-0.1, -0.05) is 30.3 Å². The first-order valence-electron chi connectivity index (χ1n) is 4.98. The van der Waals surface area contributed by atoms with Crippen molar-refractivity contribution in [3.63, 3.8) is 0 Å². The van der Waals surface area contributed by atoms with Crippen LogP contribution in [0.5, 0.6) is 0 Å². The third-order valence-corrected chi connectivity index (χ3v) is 3.03. The summed E-state index contributed by atoms with van der Waals surface area (Å²) in [5.41, 5.74) is 2.55. The van der Waals surface area contributed by atoms with Gasteiger partial charge in [0, 0.05) is 0 Å². The number of nitrogens with one attached hydrogen (secondary N) is 1. The van der Waals surface area contributed by atoms with Crippen molar-refractivity contribution in [1.29, 1.82) is 0 Å². The molecule has 2 heteroatoms. The van der Waals surface area contributed by atoms with E-state index in [1.54, 1.807) is 0 Å². The molecule has 1 nitrogen and oxygen atoms in total. The highest BCUT2D eigenvalue weighted by Crippen LogP contribution is 2.22. The Bertz CT molecular complexity index is 331. The van der Waals surface area contributed by atoms with E-state index in [0.717, 1.165) is 13.1 Å². The van der Waals surface area contributed by atoms with E-state index in [2.05, 4.69) is 37.4 Å². The number of alkyl halides is 1. The van der Waals surface area contributed by atoms with Gasteiger partial charge in [-0.05, 0) is 17.2 Å². The van der Waals surface area contributed by atoms with Crippen LogP contribution in [0.4, 0.5) is 0 Å². The smallest absolute Gasteiger partial charge is 0.108 e. The molecule has 1 heterocycles. The van der Waals surface area contributed by atoms with Gasteiger partial charge in [0.05, 0.1) is 20.1 Å². The van der Waals surface area contributed by atoms with Crippen molar-refractivity contribution >= 4 is 17.2 Å². The van der Waals surface area contributed by atoms with E-state index >= 15 is 0 Å². The highest BCUT2D eigenvalue weighted by Gasteiger charge is 2.21. The second-order valence-corrected chi connectivity index (χ2v) is 4.39. The second kappa shape index (κ2) is 4.16. The fourth-order valence-corrected chi connectivity index (χ4v) is 2.32. The summed E-state index contributed by atoms with van der Waals surface area (Å²) in [7, 11) is 2.17. The van der Waals surface area contributed by atoms with Gasteiger partial charge in [-0.3, -0.25) is 0 Å². The first-order valence-corrected chi connectivity index (χ1v) is 5.42. The Morgan fingerprint density at radius 1 is 1.29 bits per heavy atom. The van der Waals surface area contributed by atoms with Crippen LogP contribution >= 0.6 is 11.6 Å². The molecule has 74 valence electrons. The number of benzene rings is 1. The van der Waals surface area contributed by atoms with Gasteiger partial charge >= 0.3 is 0 Å². The van der Waals surface area contributed by atoms with Gasteiger partial charge in [-0.25, -0.2) is 0 Å². The van der Waals surface area contributed by atoms with E-state index in [-0.39, 0.29) is 5.38 Å². The molecule has 14 heavy (non-hydrogen) atoms. The zero-order chi connectivity index (χ0) is 9.97. The minimum Gasteiger partial charge on any atom is -0.333 e. The van der Waals surface area contributed by atoms with Crippen LogP contribution in [0.25, 0.3) is 5.57 Å². The molecule has 1 aliphatic rings. The third-order valence-electron chi connectivity index (χ3n) is 2.64. The van der Waals surface area contributed by atoms with Crippen LogP contribution in [0.15, 0.2) is 36.4 Å². The van der Waals surface area contributed by atoms with Gasteiger partial charge in [-0.2, -0.15) is 0 Å². The minimum atomic E-state index is 0.158. The fraction of sp³-hybridized carbons (Fsp3) is 0.333. The molecule has 0 saturated carbocycles. The zero-order valence-corrected chi connectivity index (χ0v) is 9.09. The van der Waals surface area contributed by atoms with Crippen LogP contribution in [0, 0.1) is 0 Å². The van der Waals surface area contributed by atoms with Gasteiger partial charge in [0.25, 0.3) is 0 Å². The van der Waals surface area contributed by atoms with Gasteiger partial charge in [0.1, 0.15) is 5.38 Å².